The molecule has 15 heavy (non-hydrogen) atoms. The fourth-order valence-corrected chi connectivity index (χ4v) is 2.65. The second-order valence-electron chi connectivity index (χ2n) is 5.23. The Balaban J connectivity index is 2.09. The summed E-state index contributed by atoms with van der Waals surface area (Å²) in [5.41, 5.74) is 0.879. The highest BCUT2D eigenvalue weighted by atomic mass is 32.1. The summed E-state index contributed by atoms with van der Waals surface area (Å²) < 4.78 is 0. The first kappa shape index (κ1) is 10.9. The molecule has 1 N–H and O–H groups in total. The maximum Gasteiger partial charge on any atom is 0.0868 e. The van der Waals surface area contributed by atoms with Crippen LogP contribution in [0.5, 0.6) is 0 Å². The van der Waals surface area contributed by atoms with Crippen LogP contribution in [0.25, 0.3) is 0 Å². The first-order valence-electron chi connectivity index (χ1n) is 5.43. The van der Waals surface area contributed by atoms with Crippen LogP contribution < -0.4 is 0 Å². The minimum Gasteiger partial charge on any atom is -0.385 e. The van der Waals surface area contributed by atoms with E-state index in [0.717, 1.165) is 19.3 Å². The zero-order chi connectivity index (χ0) is 10.9. The van der Waals surface area contributed by atoms with E-state index < -0.39 is 5.60 Å². The van der Waals surface area contributed by atoms with E-state index in [1.807, 2.05) is 6.08 Å². The van der Waals surface area contributed by atoms with Gasteiger partial charge in [0.25, 0.3) is 0 Å². The van der Waals surface area contributed by atoms with Crippen LogP contribution in [-0.4, -0.2) is 10.7 Å². The molecule has 0 spiro atoms. The van der Waals surface area contributed by atoms with Gasteiger partial charge in [0.2, 0.25) is 0 Å². The molecule has 1 heterocycles. The molecule has 1 aliphatic carbocycles. The summed E-state index contributed by atoms with van der Waals surface area (Å²) in [5, 5.41) is 14.6. The standard InChI is InChI=1S/C13H18OS/c1-12(2)4-6-13(14,7-5-12)9-11-3-8-15-10-11/h3-4,6,8,10,14H,5,7,9H2,1-2H3. The Morgan fingerprint density at radius 2 is 2.13 bits per heavy atom. The molecule has 0 saturated heterocycles. The van der Waals surface area contributed by atoms with Crippen LogP contribution in [0.1, 0.15) is 32.3 Å². The average Bonchev–Trinajstić information content (AvgIpc) is 2.64. The second-order valence-corrected chi connectivity index (χ2v) is 6.01. The number of aliphatic hydroxyl groups is 1. The van der Waals surface area contributed by atoms with Crippen molar-refractivity contribution in [3.8, 4) is 0 Å². The summed E-state index contributed by atoms with van der Waals surface area (Å²) in [5.74, 6) is 0. The first-order chi connectivity index (χ1) is 6.99. The highest BCUT2D eigenvalue weighted by molar-refractivity contribution is 7.07. The highest BCUT2D eigenvalue weighted by Gasteiger charge is 2.31. The molecular weight excluding hydrogens is 204 g/mol. The van der Waals surface area contributed by atoms with E-state index in [0.29, 0.717) is 0 Å². The normalized spacial score (nSPS) is 29.3. The Labute approximate surface area is 95.5 Å². The van der Waals surface area contributed by atoms with Crippen LogP contribution in [0.15, 0.2) is 29.0 Å². The molecule has 0 aliphatic heterocycles. The summed E-state index contributed by atoms with van der Waals surface area (Å²) in [6.45, 7) is 4.43. The van der Waals surface area contributed by atoms with Crippen molar-refractivity contribution in [2.45, 2.75) is 38.7 Å². The van der Waals surface area contributed by atoms with Gasteiger partial charge in [-0.25, -0.2) is 0 Å². The summed E-state index contributed by atoms with van der Waals surface area (Å²) in [4.78, 5) is 0. The monoisotopic (exact) mass is 222 g/mol. The third kappa shape index (κ3) is 2.70. The van der Waals surface area contributed by atoms with Gasteiger partial charge in [-0.2, -0.15) is 11.3 Å². The van der Waals surface area contributed by atoms with Gasteiger partial charge in [0, 0.05) is 6.42 Å². The molecule has 0 aromatic carbocycles. The Morgan fingerprint density at radius 1 is 1.33 bits per heavy atom. The SMILES string of the molecule is CC1(C)C=CC(O)(Cc2ccsc2)CC1. The van der Waals surface area contributed by atoms with Crippen LogP contribution in [0.4, 0.5) is 0 Å². The van der Waals surface area contributed by atoms with Crippen molar-refractivity contribution < 1.29 is 5.11 Å². The van der Waals surface area contributed by atoms with Crippen LogP contribution >= 0.6 is 11.3 Å². The smallest absolute Gasteiger partial charge is 0.0868 e. The molecule has 0 bridgehead atoms. The number of rotatable bonds is 2. The fourth-order valence-electron chi connectivity index (χ4n) is 1.98. The van der Waals surface area contributed by atoms with E-state index in [9.17, 15) is 5.11 Å². The van der Waals surface area contributed by atoms with Crippen LogP contribution in [-0.2, 0) is 6.42 Å². The van der Waals surface area contributed by atoms with Crippen molar-refractivity contribution >= 4 is 11.3 Å². The molecule has 1 atom stereocenters. The largest absolute Gasteiger partial charge is 0.385 e. The molecule has 1 aliphatic rings. The molecule has 1 unspecified atom stereocenters. The molecule has 1 aromatic heterocycles. The zero-order valence-electron chi connectivity index (χ0n) is 9.36. The quantitative estimate of drug-likeness (QED) is 0.760. The van der Waals surface area contributed by atoms with Crippen molar-refractivity contribution in [2.75, 3.05) is 0 Å². The molecule has 82 valence electrons. The lowest BCUT2D eigenvalue weighted by molar-refractivity contribution is 0.0611. The Kier molecular flexibility index (Phi) is 2.73. The third-order valence-corrected chi connectivity index (χ3v) is 3.87. The molecule has 2 rings (SSSR count). The minimum atomic E-state index is -0.614. The number of hydrogen-bond donors (Lipinski definition) is 1. The third-order valence-electron chi connectivity index (χ3n) is 3.14. The summed E-state index contributed by atoms with van der Waals surface area (Å²) >= 11 is 1.69. The molecule has 0 saturated carbocycles. The molecule has 1 nitrogen and oxygen atoms in total. The lowest BCUT2D eigenvalue weighted by Gasteiger charge is -2.34. The number of hydrogen-bond acceptors (Lipinski definition) is 2. The molecule has 0 radical (unpaired) electrons. The Hall–Kier alpha value is -0.600. The van der Waals surface area contributed by atoms with Crippen molar-refractivity contribution in [2.24, 2.45) is 5.41 Å². The van der Waals surface area contributed by atoms with Gasteiger partial charge < -0.3 is 5.11 Å². The lowest BCUT2D eigenvalue weighted by Crippen LogP contribution is -2.34. The average molecular weight is 222 g/mol. The van der Waals surface area contributed by atoms with Gasteiger partial charge in [-0.1, -0.05) is 26.0 Å². The fraction of sp³-hybridized carbons (Fsp3) is 0.538. The predicted molar refractivity (Wildman–Crippen MR) is 65.1 cm³/mol. The predicted octanol–water partition coefficient (Wildman–Crippen LogP) is 3.40. The number of allylic oxidation sites excluding steroid dienone is 1. The summed E-state index contributed by atoms with van der Waals surface area (Å²) in [6, 6.07) is 2.09. The van der Waals surface area contributed by atoms with Gasteiger partial charge in [-0.05, 0) is 40.6 Å². The minimum absolute atomic E-state index is 0.251. The summed E-state index contributed by atoms with van der Waals surface area (Å²) in [7, 11) is 0. The van der Waals surface area contributed by atoms with E-state index in [1.165, 1.54) is 5.56 Å². The second kappa shape index (κ2) is 3.76. The van der Waals surface area contributed by atoms with Crippen molar-refractivity contribution in [3.63, 3.8) is 0 Å². The van der Waals surface area contributed by atoms with Gasteiger partial charge in [0.15, 0.2) is 0 Å². The van der Waals surface area contributed by atoms with Gasteiger partial charge in [0.05, 0.1) is 5.60 Å². The molecule has 0 amide bonds. The van der Waals surface area contributed by atoms with Gasteiger partial charge in [-0.15, -0.1) is 0 Å². The van der Waals surface area contributed by atoms with E-state index in [2.05, 4.69) is 36.7 Å². The zero-order valence-corrected chi connectivity index (χ0v) is 10.2. The maximum absolute atomic E-state index is 10.4. The Bertz CT molecular complexity index is 351. The van der Waals surface area contributed by atoms with Gasteiger partial charge in [-0.3, -0.25) is 0 Å². The van der Waals surface area contributed by atoms with Crippen LogP contribution in [0, 0.1) is 5.41 Å². The van der Waals surface area contributed by atoms with Crippen molar-refractivity contribution in [1.82, 2.24) is 0 Å². The molecule has 0 fully saturated rings. The van der Waals surface area contributed by atoms with Crippen molar-refractivity contribution in [3.05, 3.63) is 34.5 Å². The van der Waals surface area contributed by atoms with E-state index in [-0.39, 0.29) is 5.41 Å². The maximum atomic E-state index is 10.4. The topological polar surface area (TPSA) is 20.2 Å². The van der Waals surface area contributed by atoms with Crippen molar-refractivity contribution in [1.29, 1.82) is 0 Å². The first-order valence-corrected chi connectivity index (χ1v) is 6.37. The molecule has 2 heteroatoms. The lowest BCUT2D eigenvalue weighted by atomic mass is 9.75. The van der Waals surface area contributed by atoms with E-state index in [1.54, 1.807) is 11.3 Å². The number of thiophene rings is 1. The van der Waals surface area contributed by atoms with E-state index in [4.69, 9.17) is 0 Å². The highest BCUT2D eigenvalue weighted by Crippen LogP contribution is 2.36. The molecule has 1 aromatic rings. The Morgan fingerprint density at radius 3 is 2.67 bits per heavy atom. The van der Waals surface area contributed by atoms with E-state index >= 15 is 0 Å². The van der Waals surface area contributed by atoms with Gasteiger partial charge >= 0.3 is 0 Å². The summed E-state index contributed by atoms with van der Waals surface area (Å²) in [6.07, 6.45) is 6.83. The van der Waals surface area contributed by atoms with Crippen LogP contribution in [0.3, 0.4) is 0 Å². The van der Waals surface area contributed by atoms with Gasteiger partial charge in [0.1, 0.15) is 0 Å². The molecular formula is C13H18OS. The van der Waals surface area contributed by atoms with Crippen LogP contribution in [0.2, 0.25) is 0 Å².